The van der Waals surface area contributed by atoms with Crippen molar-refractivity contribution in [1.29, 1.82) is 0 Å². The topological polar surface area (TPSA) is 55.8 Å². The van der Waals surface area contributed by atoms with E-state index in [-0.39, 0.29) is 18.4 Å². The number of carbonyl (C=O) groups is 1. The first kappa shape index (κ1) is 42.1. The van der Waals surface area contributed by atoms with E-state index in [1.807, 2.05) is 26.8 Å². The molecule has 4 nitrogen and oxygen atoms in total. The number of ether oxygens (including phenoxy) is 2. The molecule has 0 saturated carbocycles. The van der Waals surface area contributed by atoms with Crippen LogP contribution in [0.1, 0.15) is 125 Å². The van der Waals surface area contributed by atoms with Gasteiger partial charge in [-0.3, -0.25) is 0 Å². The molecule has 0 amide bonds. The average Bonchev–Trinajstić information content (AvgIpc) is 2.97. The Labute approximate surface area is 282 Å². The molecule has 0 aliphatic carbocycles. The van der Waals surface area contributed by atoms with E-state index in [1.165, 1.54) is 47.9 Å². The summed E-state index contributed by atoms with van der Waals surface area (Å²) in [5.41, 5.74) is 0.910. The zero-order valence-corrected chi connectivity index (χ0v) is 30.2. The van der Waals surface area contributed by atoms with Crippen LogP contribution in [-0.4, -0.2) is 36.1 Å². The molecule has 1 aromatic carbocycles. The molecular weight excluding hydrogens is 601 g/mol. The Morgan fingerprint density at radius 2 is 1.21 bits per heavy atom. The van der Waals surface area contributed by atoms with Gasteiger partial charge in [0.2, 0.25) is 0 Å². The number of hydrogen-bond donors (Lipinski definition) is 1. The lowest BCUT2D eigenvalue weighted by atomic mass is 9.88. The maximum absolute atomic E-state index is 14.6. The quantitative estimate of drug-likeness (QED) is 0.0859. The lowest BCUT2D eigenvalue weighted by molar-refractivity contribution is -0.281. The SMILES string of the molecule is CO[C@@](C(=O)O[C@@H](CC/C(C)=C/CC/C=C(\C)CC/C=C(\C)CCC=C(C)C)[C@@](C)(O)CCC=C(C)C)(c1ccccc1)C(F)(F)F. The van der Waals surface area contributed by atoms with Crippen molar-refractivity contribution < 1.29 is 32.5 Å². The van der Waals surface area contributed by atoms with E-state index in [4.69, 9.17) is 9.47 Å². The molecule has 1 rings (SSSR count). The minimum Gasteiger partial charge on any atom is -0.457 e. The molecule has 0 aromatic heterocycles. The van der Waals surface area contributed by atoms with Crippen LogP contribution in [-0.2, 0) is 19.9 Å². The smallest absolute Gasteiger partial charge is 0.432 e. The van der Waals surface area contributed by atoms with Gasteiger partial charge in [-0.2, -0.15) is 13.2 Å². The second kappa shape index (κ2) is 20.5. The van der Waals surface area contributed by atoms with Gasteiger partial charge in [0, 0.05) is 12.7 Å². The minimum atomic E-state index is -5.10. The Kier molecular flexibility index (Phi) is 18.3. The van der Waals surface area contributed by atoms with Crippen molar-refractivity contribution in [2.24, 2.45) is 0 Å². The fraction of sp³-hybridized carbons (Fsp3) is 0.575. The van der Waals surface area contributed by atoms with Crippen molar-refractivity contribution in [3.63, 3.8) is 0 Å². The standard InChI is InChI=1S/C40H59F3O4/c1-30(2)18-15-22-33(6)24-16-23-32(5)20-13-14-21-34(7)27-28-36(38(8,45)29-17-19-31(3)4)47-37(44)39(46-9,40(41,42)43)35-25-11-10-12-26-35/h10-12,18-21,24-26,36,45H,13-17,22-23,27-29H2,1-9H3/b32-20+,33-24+,34-21+/t36-,38-,39+/m0/s1. The van der Waals surface area contributed by atoms with Crippen LogP contribution < -0.4 is 0 Å². The first-order valence-corrected chi connectivity index (χ1v) is 16.8. The van der Waals surface area contributed by atoms with E-state index in [9.17, 15) is 23.1 Å². The van der Waals surface area contributed by atoms with E-state index in [1.54, 1.807) is 6.07 Å². The van der Waals surface area contributed by atoms with E-state index < -0.39 is 29.5 Å². The van der Waals surface area contributed by atoms with Crippen LogP contribution in [0.5, 0.6) is 0 Å². The molecule has 0 radical (unpaired) electrons. The molecule has 3 atom stereocenters. The molecule has 0 aliphatic heterocycles. The Balaban J connectivity index is 2.99. The van der Waals surface area contributed by atoms with Crippen LogP contribution in [0.25, 0.3) is 0 Å². The normalized spacial score (nSPS) is 16.1. The molecule has 1 N–H and O–H groups in total. The summed E-state index contributed by atoms with van der Waals surface area (Å²) in [6.45, 7) is 15.9. The molecule has 1 aromatic rings. The molecule has 0 spiro atoms. The van der Waals surface area contributed by atoms with Gasteiger partial charge >= 0.3 is 12.1 Å². The molecule has 264 valence electrons. The Bertz CT molecular complexity index is 1240. The summed E-state index contributed by atoms with van der Waals surface area (Å²) < 4.78 is 54.2. The Hall–Kier alpha value is -2.90. The van der Waals surface area contributed by atoms with Crippen molar-refractivity contribution in [1.82, 2.24) is 0 Å². The second-order valence-electron chi connectivity index (χ2n) is 13.4. The van der Waals surface area contributed by atoms with Crippen LogP contribution in [0.4, 0.5) is 13.2 Å². The highest BCUT2D eigenvalue weighted by Gasteiger charge is 2.64. The Morgan fingerprint density at radius 1 is 0.745 bits per heavy atom. The fourth-order valence-corrected chi connectivity index (χ4v) is 5.37. The summed E-state index contributed by atoms with van der Waals surface area (Å²) in [4.78, 5) is 13.5. The minimum absolute atomic E-state index is 0.163. The van der Waals surface area contributed by atoms with E-state index in [0.29, 0.717) is 12.8 Å². The van der Waals surface area contributed by atoms with Gasteiger partial charge in [-0.25, -0.2) is 4.79 Å². The summed E-state index contributed by atoms with van der Waals surface area (Å²) in [7, 11) is 0.845. The molecule has 0 bridgehead atoms. The largest absolute Gasteiger partial charge is 0.457 e. The lowest BCUT2D eigenvalue weighted by Gasteiger charge is -2.37. The van der Waals surface area contributed by atoms with Gasteiger partial charge in [0.15, 0.2) is 0 Å². The van der Waals surface area contributed by atoms with Gasteiger partial charge in [0.25, 0.3) is 5.60 Å². The summed E-state index contributed by atoms with van der Waals surface area (Å²) in [6.07, 6.45) is 11.8. The summed E-state index contributed by atoms with van der Waals surface area (Å²) >= 11 is 0. The molecular formula is C40H59F3O4. The first-order valence-electron chi connectivity index (χ1n) is 16.8. The van der Waals surface area contributed by atoms with Crippen molar-refractivity contribution >= 4 is 5.97 Å². The lowest BCUT2D eigenvalue weighted by Crippen LogP contribution is -2.54. The average molecular weight is 661 g/mol. The molecule has 7 heteroatoms. The van der Waals surface area contributed by atoms with Crippen LogP contribution in [0.3, 0.4) is 0 Å². The van der Waals surface area contributed by atoms with Crippen LogP contribution in [0.2, 0.25) is 0 Å². The maximum atomic E-state index is 14.6. The van der Waals surface area contributed by atoms with Crippen LogP contribution in [0, 0.1) is 0 Å². The molecule has 0 unspecified atom stereocenters. The van der Waals surface area contributed by atoms with Crippen molar-refractivity contribution in [3.05, 3.63) is 94.1 Å². The van der Waals surface area contributed by atoms with E-state index in [2.05, 4.69) is 52.0 Å². The molecule has 0 saturated heterocycles. The van der Waals surface area contributed by atoms with Crippen LogP contribution >= 0.6 is 0 Å². The predicted molar refractivity (Wildman–Crippen MR) is 188 cm³/mol. The number of hydrogen-bond acceptors (Lipinski definition) is 4. The third-order valence-electron chi connectivity index (χ3n) is 8.40. The van der Waals surface area contributed by atoms with Gasteiger partial charge in [0.1, 0.15) is 6.10 Å². The van der Waals surface area contributed by atoms with Gasteiger partial charge in [0.05, 0.1) is 5.60 Å². The predicted octanol–water partition coefficient (Wildman–Crippen LogP) is 11.4. The first-order chi connectivity index (χ1) is 22.0. The zero-order chi connectivity index (χ0) is 35.7. The van der Waals surface area contributed by atoms with E-state index >= 15 is 0 Å². The monoisotopic (exact) mass is 660 g/mol. The molecule has 0 heterocycles. The number of benzene rings is 1. The third kappa shape index (κ3) is 14.8. The van der Waals surface area contributed by atoms with Gasteiger partial charge in [-0.15, -0.1) is 0 Å². The summed E-state index contributed by atoms with van der Waals surface area (Å²) in [6, 6.07) is 6.75. The summed E-state index contributed by atoms with van der Waals surface area (Å²) in [5.74, 6) is -1.59. The van der Waals surface area contributed by atoms with E-state index in [0.717, 1.165) is 56.8 Å². The highest BCUT2D eigenvalue weighted by Crippen LogP contribution is 2.44. The number of aliphatic hydroxyl groups is 1. The number of alkyl halides is 3. The molecule has 47 heavy (non-hydrogen) atoms. The van der Waals surface area contributed by atoms with Crippen LogP contribution in [0.15, 0.2) is 88.6 Å². The van der Waals surface area contributed by atoms with Crippen molar-refractivity contribution in [2.45, 2.75) is 143 Å². The summed E-state index contributed by atoms with van der Waals surface area (Å²) in [5, 5.41) is 11.4. The van der Waals surface area contributed by atoms with Gasteiger partial charge in [-0.1, -0.05) is 88.6 Å². The number of rotatable bonds is 20. The molecule has 0 fully saturated rings. The maximum Gasteiger partial charge on any atom is 0.432 e. The van der Waals surface area contributed by atoms with Crippen molar-refractivity contribution in [3.8, 4) is 0 Å². The third-order valence-corrected chi connectivity index (χ3v) is 8.40. The second-order valence-corrected chi connectivity index (χ2v) is 13.4. The number of allylic oxidation sites excluding steroid dienone is 10. The fourth-order valence-electron chi connectivity index (χ4n) is 5.37. The highest BCUT2D eigenvalue weighted by molar-refractivity contribution is 5.83. The van der Waals surface area contributed by atoms with Gasteiger partial charge < -0.3 is 14.6 Å². The highest BCUT2D eigenvalue weighted by atomic mass is 19.4. The van der Waals surface area contributed by atoms with Gasteiger partial charge in [-0.05, 0) is 120 Å². The number of halogens is 3. The number of esters is 1. The number of methoxy groups -OCH3 is 1. The number of carbonyl (C=O) groups excluding carboxylic acids is 1. The molecule has 0 aliphatic rings. The zero-order valence-electron chi connectivity index (χ0n) is 30.2. The van der Waals surface area contributed by atoms with Crippen molar-refractivity contribution in [2.75, 3.05) is 7.11 Å². The Morgan fingerprint density at radius 3 is 1.70 bits per heavy atom. The number of unbranched alkanes of at least 4 members (excludes halogenated alkanes) is 1.